The summed E-state index contributed by atoms with van der Waals surface area (Å²) in [4.78, 5) is 30.8. The fraction of sp³-hybridized carbons (Fsp3) is 0.444. The van der Waals surface area contributed by atoms with Crippen molar-refractivity contribution in [3.8, 4) is 0 Å². The lowest BCUT2D eigenvalue weighted by atomic mass is 10.0. The minimum Gasteiger partial charge on any atom is -0.357 e. The van der Waals surface area contributed by atoms with Crippen molar-refractivity contribution in [3.05, 3.63) is 36.0 Å². The highest BCUT2D eigenvalue weighted by molar-refractivity contribution is 5.80. The number of H-pyrrole nitrogens is 1. The van der Waals surface area contributed by atoms with Crippen LogP contribution in [0, 0.1) is 0 Å². The number of piperidine rings is 1. The quantitative estimate of drug-likeness (QED) is 0.908. The molecule has 2 aromatic rings. The number of urea groups is 1. The van der Waals surface area contributed by atoms with Gasteiger partial charge in [-0.25, -0.2) is 4.79 Å². The molecule has 2 heterocycles. The van der Waals surface area contributed by atoms with E-state index in [0.717, 1.165) is 36.0 Å². The summed E-state index contributed by atoms with van der Waals surface area (Å²) in [6.07, 6.45) is 1.87. The summed E-state index contributed by atoms with van der Waals surface area (Å²) in [5.74, 6) is 0.0755. The van der Waals surface area contributed by atoms with Gasteiger partial charge in [-0.3, -0.25) is 4.79 Å². The molecule has 0 spiro atoms. The van der Waals surface area contributed by atoms with Gasteiger partial charge in [0, 0.05) is 38.3 Å². The van der Waals surface area contributed by atoms with E-state index >= 15 is 0 Å². The van der Waals surface area contributed by atoms with Crippen LogP contribution in [0.5, 0.6) is 0 Å². The summed E-state index contributed by atoms with van der Waals surface area (Å²) < 4.78 is 0. The van der Waals surface area contributed by atoms with Gasteiger partial charge < -0.3 is 20.1 Å². The Morgan fingerprint density at radius 2 is 2.17 bits per heavy atom. The number of nitrogens with one attached hydrogen (secondary N) is 2. The van der Waals surface area contributed by atoms with Gasteiger partial charge in [0.25, 0.3) is 0 Å². The normalized spacial score (nSPS) is 17.8. The number of likely N-dealkylation sites (N-methyl/N-ethyl adjacent to an activating group) is 1. The molecule has 0 aliphatic carbocycles. The number of likely N-dealkylation sites (tertiary alicyclic amines) is 1. The molecule has 0 unspecified atom stereocenters. The molecule has 0 radical (unpaired) electrons. The van der Waals surface area contributed by atoms with Crippen molar-refractivity contribution in [1.82, 2.24) is 20.1 Å². The Morgan fingerprint density at radius 3 is 2.92 bits per heavy atom. The fourth-order valence-corrected chi connectivity index (χ4v) is 3.25. The van der Waals surface area contributed by atoms with Crippen molar-refractivity contribution in [3.63, 3.8) is 0 Å². The Hall–Kier alpha value is -2.50. The Labute approximate surface area is 141 Å². The predicted molar refractivity (Wildman–Crippen MR) is 93.6 cm³/mol. The van der Waals surface area contributed by atoms with Crippen LogP contribution < -0.4 is 5.32 Å². The number of nitrogens with zero attached hydrogens (tertiary/aromatic N) is 2. The Balaban J connectivity index is 1.56. The van der Waals surface area contributed by atoms with E-state index in [1.54, 1.807) is 18.9 Å². The van der Waals surface area contributed by atoms with Gasteiger partial charge >= 0.3 is 6.03 Å². The summed E-state index contributed by atoms with van der Waals surface area (Å²) in [7, 11) is 1.80. The van der Waals surface area contributed by atoms with Crippen LogP contribution in [-0.4, -0.2) is 52.9 Å². The van der Waals surface area contributed by atoms with Gasteiger partial charge in [-0.1, -0.05) is 18.2 Å². The average molecular weight is 328 g/mol. The number of amides is 3. The number of fused-ring (bicyclic) bond motifs is 1. The van der Waals surface area contributed by atoms with Crippen LogP contribution in [0.25, 0.3) is 10.9 Å². The van der Waals surface area contributed by atoms with Gasteiger partial charge in [0.05, 0.1) is 12.6 Å². The molecule has 1 aliphatic heterocycles. The second kappa shape index (κ2) is 6.95. The maximum atomic E-state index is 12.4. The number of benzene rings is 1. The summed E-state index contributed by atoms with van der Waals surface area (Å²) >= 11 is 0. The monoisotopic (exact) mass is 328 g/mol. The SMILES string of the molecule is CC(=O)N1CCC[C@@H](N(C)C(=O)NCc2cc3ccccc3[nH]2)C1. The number of aromatic nitrogens is 1. The van der Waals surface area contributed by atoms with E-state index in [1.807, 2.05) is 35.2 Å². The first-order valence-corrected chi connectivity index (χ1v) is 8.37. The van der Waals surface area contributed by atoms with Gasteiger partial charge in [0.2, 0.25) is 5.91 Å². The molecular formula is C18H24N4O2. The van der Waals surface area contributed by atoms with Gasteiger partial charge in [-0.15, -0.1) is 0 Å². The third-order valence-electron chi connectivity index (χ3n) is 4.73. The molecule has 1 fully saturated rings. The molecule has 2 N–H and O–H groups in total. The van der Waals surface area contributed by atoms with E-state index in [4.69, 9.17) is 0 Å². The molecular weight excluding hydrogens is 304 g/mol. The first-order chi connectivity index (χ1) is 11.5. The average Bonchev–Trinajstić information content (AvgIpc) is 3.02. The topological polar surface area (TPSA) is 68.4 Å². The summed E-state index contributed by atoms with van der Waals surface area (Å²) in [5, 5.41) is 4.09. The van der Waals surface area contributed by atoms with Gasteiger partial charge in [0.1, 0.15) is 0 Å². The maximum Gasteiger partial charge on any atom is 0.317 e. The maximum absolute atomic E-state index is 12.4. The van der Waals surface area contributed by atoms with Gasteiger partial charge in [0.15, 0.2) is 0 Å². The lowest BCUT2D eigenvalue weighted by Gasteiger charge is -2.37. The zero-order chi connectivity index (χ0) is 17.1. The zero-order valence-corrected chi connectivity index (χ0v) is 14.2. The molecule has 24 heavy (non-hydrogen) atoms. The molecule has 128 valence electrons. The molecule has 1 aliphatic rings. The van der Waals surface area contributed by atoms with Crippen LogP contribution in [0.15, 0.2) is 30.3 Å². The Kier molecular flexibility index (Phi) is 4.74. The lowest BCUT2D eigenvalue weighted by Crippen LogP contribution is -2.52. The van der Waals surface area contributed by atoms with Crippen molar-refractivity contribution in [2.45, 2.75) is 32.4 Å². The molecule has 1 aromatic carbocycles. The molecule has 1 saturated heterocycles. The third-order valence-corrected chi connectivity index (χ3v) is 4.73. The van der Waals surface area contributed by atoms with E-state index in [2.05, 4.69) is 10.3 Å². The smallest absolute Gasteiger partial charge is 0.317 e. The highest BCUT2D eigenvalue weighted by Gasteiger charge is 2.27. The largest absolute Gasteiger partial charge is 0.357 e. The van der Waals surface area contributed by atoms with E-state index in [1.165, 1.54) is 0 Å². The van der Waals surface area contributed by atoms with Crippen LogP contribution in [0.4, 0.5) is 4.79 Å². The summed E-state index contributed by atoms with van der Waals surface area (Å²) in [6, 6.07) is 10.1. The number of aromatic amines is 1. The Bertz CT molecular complexity index is 706. The third kappa shape index (κ3) is 3.53. The van der Waals surface area contributed by atoms with Crippen LogP contribution in [0.2, 0.25) is 0 Å². The molecule has 1 aromatic heterocycles. The summed E-state index contributed by atoms with van der Waals surface area (Å²) in [5.41, 5.74) is 2.05. The van der Waals surface area contributed by atoms with Crippen molar-refractivity contribution < 1.29 is 9.59 Å². The van der Waals surface area contributed by atoms with Crippen molar-refractivity contribution in [1.29, 1.82) is 0 Å². The predicted octanol–water partition coefficient (Wildman–Crippen LogP) is 2.32. The zero-order valence-electron chi connectivity index (χ0n) is 14.2. The van der Waals surface area contributed by atoms with E-state index in [0.29, 0.717) is 13.1 Å². The molecule has 6 heteroatoms. The van der Waals surface area contributed by atoms with E-state index < -0.39 is 0 Å². The highest BCUT2D eigenvalue weighted by atomic mass is 16.2. The second-order valence-corrected chi connectivity index (χ2v) is 6.41. The van der Waals surface area contributed by atoms with Crippen molar-refractivity contribution >= 4 is 22.8 Å². The minimum absolute atomic E-state index is 0.0744. The van der Waals surface area contributed by atoms with Crippen LogP contribution >= 0.6 is 0 Å². The number of hydrogen-bond donors (Lipinski definition) is 2. The standard InChI is InChI=1S/C18H24N4O2/c1-13(23)22-9-5-7-16(12-22)21(2)18(24)19-11-15-10-14-6-3-4-8-17(14)20-15/h3-4,6,8,10,16,20H,5,7,9,11-12H2,1-2H3,(H,19,24)/t16-/m1/s1. The molecule has 6 nitrogen and oxygen atoms in total. The molecule has 1 atom stereocenters. The number of hydrogen-bond acceptors (Lipinski definition) is 2. The molecule has 3 amide bonds. The fourth-order valence-electron chi connectivity index (χ4n) is 3.25. The highest BCUT2D eigenvalue weighted by Crippen LogP contribution is 2.16. The summed E-state index contributed by atoms with van der Waals surface area (Å²) in [6.45, 7) is 3.45. The number of carbonyl (C=O) groups is 2. The van der Waals surface area contributed by atoms with Crippen LogP contribution in [-0.2, 0) is 11.3 Å². The van der Waals surface area contributed by atoms with Crippen molar-refractivity contribution in [2.24, 2.45) is 0 Å². The molecule has 0 bridgehead atoms. The van der Waals surface area contributed by atoms with Crippen LogP contribution in [0.3, 0.4) is 0 Å². The van der Waals surface area contributed by atoms with Gasteiger partial charge in [-0.05, 0) is 30.4 Å². The van der Waals surface area contributed by atoms with Crippen molar-refractivity contribution in [2.75, 3.05) is 20.1 Å². The number of carbonyl (C=O) groups excluding carboxylic acids is 2. The molecule has 3 rings (SSSR count). The minimum atomic E-state index is -0.107. The molecule has 0 saturated carbocycles. The second-order valence-electron chi connectivity index (χ2n) is 6.41. The van der Waals surface area contributed by atoms with E-state index in [9.17, 15) is 9.59 Å². The van der Waals surface area contributed by atoms with Crippen LogP contribution in [0.1, 0.15) is 25.5 Å². The first kappa shape index (κ1) is 16.4. The number of rotatable bonds is 3. The lowest BCUT2D eigenvalue weighted by molar-refractivity contribution is -0.130. The first-order valence-electron chi connectivity index (χ1n) is 8.37. The van der Waals surface area contributed by atoms with Gasteiger partial charge in [-0.2, -0.15) is 0 Å². The number of para-hydroxylation sites is 1. The Morgan fingerprint density at radius 1 is 1.38 bits per heavy atom. The van der Waals surface area contributed by atoms with E-state index in [-0.39, 0.29) is 18.0 Å².